The summed E-state index contributed by atoms with van der Waals surface area (Å²) in [6.45, 7) is 1.77. The van der Waals surface area contributed by atoms with Gasteiger partial charge in [-0.1, -0.05) is 29.8 Å². The third kappa shape index (κ3) is 3.87. The van der Waals surface area contributed by atoms with Crippen molar-refractivity contribution in [3.8, 4) is 17.2 Å². The van der Waals surface area contributed by atoms with Crippen LogP contribution in [0.4, 0.5) is 0 Å². The Morgan fingerprint density at radius 1 is 1.19 bits per heavy atom. The quantitative estimate of drug-likeness (QED) is 0.691. The fraction of sp³-hybridized carbons (Fsp3) is 0.176. The fourth-order valence-corrected chi connectivity index (χ4v) is 3.75. The van der Waals surface area contributed by atoms with Crippen molar-refractivity contribution < 1.29 is 17.6 Å². The second-order valence-corrected chi connectivity index (χ2v) is 7.61. The van der Waals surface area contributed by atoms with Crippen LogP contribution in [0.1, 0.15) is 11.5 Å². The number of hydrogen-bond acceptors (Lipinski definition) is 6. The topological polar surface area (TPSA) is 94.3 Å². The third-order valence-electron chi connectivity index (χ3n) is 3.67. The maximum Gasteiger partial charge on any atom is 0.248 e. The lowest BCUT2D eigenvalue weighted by Crippen LogP contribution is -2.24. The van der Waals surface area contributed by atoms with Crippen LogP contribution in [0.15, 0.2) is 51.8 Å². The number of benzene rings is 2. The van der Waals surface area contributed by atoms with Crippen LogP contribution in [0, 0.1) is 6.92 Å². The summed E-state index contributed by atoms with van der Waals surface area (Å²) in [6.07, 6.45) is 0. The van der Waals surface area contributed by atoms with Crippen LogP contribution >= 0.6 is 11.6 Å². The van der Waals surface area contributed by atoms with Crippen molar-refractivity contribution in [1.29, 1.82) is 0 Å². The Kier molecular flexibility index (Phi) is 5.26. The Bertz CT molecular complexity index is 1030. The van der Waals surface area contributed by atoms with Crippen molar-refractivity contribution in [1.82, 2.24) is 14.9 Å². The summed E-state index contributed by atoms with van der Waals surface area (Å²) in [5, 5.41) is 8.14. The number of halogens is 1. The zero-order valence-corrected chi connectivity index (χ0v) is 15.6. The molecule has 0 bridgehead atoms. The van der Waals surface area contributed by atoms with Gasteiger partial charge in [0.15, 0.2) is 0 Å². The summed E-state index contributed by atoms with van der Waals surface area (Å²) >= 11 is 5.89. The highest BCUT2D eigenvalue weighted by atomic mass is 35.5. The van der Waals surface area contributed by atoms with E-state index in [1.54, 1.807) is 6.07 Å². The minimum atomic E-state index is -3.87. The summed E-state index contributed by atoms with van der Waals surface area (Å²) in [5.74, 6) is 0.665. The Labute approximate surface area is 156 Å². The van der Waals surface area contributed by atoms with Gasteiger partial charge in [-0.2, -0.15) is 0 Å². The number of rotatable bonds is 6. The molecule has 0 aliphatic carbocycles. The van der Waals surface area contributed by atoms with E-state index in [0.29, 0.717) is 5.89 Å². The number of nitrogens with one attached hydrogen (secondary N) is 1. The zero-order valence-electron chi connectivity index (χ0n) is 14.1. The van der Waals surface area contributed by atoms with Crippen molar-refractivity contribution in [2.45, 2.75) is 18.4 Å². The molecule has 1 heterocycles. The highest BCUT2D eigenvalue weighted by molar-refractivity contribution is 7.89. The molecule has 9 heteroatoms. The standard InChI is InChI=1S/C17H16ClN3O4S/c1-11-5-3-4-6-13(11)17-21-20-16(25-17)10-19-26(22,23)15-9-12(18)7-8-14(15)24-2/h3-9,19H,10H2,1-2H3. The highest BCUT2D eigenvalue weighted by Crippen LogP contribution is 2.27. The van der Waals surface area contributed by atoms with Crippen molar-refractivity contribution >= 4 is 21.6 Å². The molecule has 136 valence electrons. The van der Waals surface area contributed by atoms with E-state index in [4.69, 9.17) is 20.8 Å². The van der Waals surface area contributed by atoms with E-state index in [2.05, 4.69) is 14.9 Å². The second-order valence-electron chi connectivity index (χ2n) is 5.44. The molecular formula is C17H16ClN3O4S. The fourth-order valence-electron chi connectivity index (χ4n) is 2.34. The van der Waals surface area contributed by atoms with E-state index >= 15 is 0 Å². The number of aromatic nitrogens is 2. The predicted octanol–water partition coefficient (Wildman–Crippen LogP) is 3.19. The Balaban J connectivity index is 1.79. The normalized spacial score (nSPS) is 11.5. The van der Waals surface area contributed by atoms with Crippen LogP contribution in [0.3, 0.4) is 0 Å². The molecule has 1 aromatic heterocycles. The van der Waals surface area contributed by atoms with E-state index in [9.17, 15) is 8.42 Å². The Morgan fingerprint density at radius 2 is 1.96 bits per heavy atom. The lowest BCUT2D eigenvalue weighted by Gasteiger charge is -2.10. The monoisotopic (exact) mass is 393 g/mol. The van der Waals surface area contributed by atoms with Gasteiger partial charge >= 0.3 is 0 Å². The first kappa shape index (κ1) is 18.4. The van der Waals surface area contributed by atoms with E-state index in [-0.39, 0.29) is 28.1 Å². The molecule has 3 rings (SSSR count). The van der Waals surface area contributed by atoms with Gasteiger partial charge in [0.1, 0.15) is 10.6 Å². The van der Waals surface area contributed by atoms with E-state index in [1.165, 1.54) is 19.2 Å². The SMILES string of the molecule is COc1ccc(Cl)cc1S(=O)(=O)NCc1nnc(-c2ccccc2C)o1. The molecule has 1 N–H and O–H groups in total. The van der Waals surface area contributed by atoms with Gasteiger partial charge < -0.3 is 9.15 Å². The molecule has 0 aliphatic heterocycles. The van der Waals surface area contributed by atoms with Crippen LogP contribution in [-0.2, 0) is 16.6 Å². The molecular weight excluding hydrogens is 378 g/mol. The first-order valence-corrected chi connectivity index (χ1v) is 9.48. The molecule has 3 aromatic rings. The summed E-state index contributed by atoms with van der Waals surface area (Å²) in [7, 11) is -2.49. The average Bonchev–Trinajstić information content (AvgIpc) is 3.09. The third-order valence-corrected chi connectivity index (χ3v) is 5.33. The van der Waals surface area contributed by atoms with Crippen molar-refractivity contribution in [2.24, 2.45) is 0 Å². The van der Waals surface area contributed by atoms with E-state index in [1.807, 2.05) is 31.2 Å². The van der Waals surface area contributed by atoms with Gasteiger partial charge in [-0.05, 0) is 36.8 Å². The molecule has 26 heavy (non-hydrogen) atoms. The van der Waals surface area contributed by atoms with E-state index in [0.717, 1.165) is 11.1 Å². The van der Waals surface area contributed by atoms with Gasteiger partial charge in [0.2, 0.25) is 21.8 Å². The van der Waals surface area contributed by atoms with Crippen LogP contribution in [0.25, 0.3) is 11.5 Å². The number of hydrogen-bond donors (Lipinski definition) is 1. The summed E-state index contributed by atoms with van der Waals surface area (Å²) in [4.78, 5) is -0.0638. The zero-order chi connectivity index (χ0) is 18.7. The number of ether oxygens (including phenoxy) is 1. The second kappa shape index (κ2) is 7.45. The number of aryl methyl sites for hydroxylation is 1. The number of nitrogens with zero attached hydrogens (tertiary/aromatic N) is 2. The molecule has 0 saturated carbocycles. The molecule has 0 atom stereocenters. The molecule has 7 nitrogen and oxygen atoms in total. The van der Waals surface area contributed by atoms with Gasteiger partial charge in [0.25, 0.3) is 0 Å². The van der Waals surface area contributed by atoms with Crippen LogP contribution in [0.5, 0.6) is 5.75 Å². The summed E-state index contributed by atoms with van der Waals surface area (Å²) in [5.41, 5.74) is 1.78. The molecule has 0 unspecified atom stereocenters. The van der Waals surface area contributed by atoms with E-state index < -0.39 is 10.0 Å². The van der Waals surface area contributed by atoms with Gasteiger partial charge in [-0.25, -0.2) is 13.1 Å². The number of sulfonamides is 1. The van der Waals surface area contributed by atoms with Crippen LogP contribution in [-0.4, -0.2) is 25.7 Å². The largest absolute Gasteiger partial charge is 0.495 e. The molecule has 2 aromatic carbocycles. The Hall–Kier alpha value is -2.42. The Morgan fingerprint density at radius 3 is 2.69 bits per heavy atom. The van der Waals surface area contributed by atoms with Gasteiger partial charge in [0.05, 0.1) is 13.7 Å². The first-order valence-electron chi connectivity index (χ1n) is 7.62. The molecule has 0 amide bonds. The van der Waals surface area contributed by atoms with Gasteiger partial charge in [-0.3, -0.25) is 0 Å². The molecule has 0 aliphatic rings. The summed E-state index contributed by atoms with van der Waals surface area (Å²) < 4.78 is 38.1. The van der Waals surface area contributed by atoms with Gasteiger partial charge in [-0.15, -0.1) is 10.2 Å². The maximum absolute atomic E-state index is 12.5. The smallest absolute Gasteiger partial charge is 0.248 e. The molecule has 0 spiro atoms. The van der Waals surface area contributed by atoms with Crippen molar-refractivity contribution in [2.75, 3.05) is 7.11 Å². The maximum atomic E-state index is 12.5. The summed E-state index contributed by atoms with van der Waals surface area (Å²) in [6, 6.07) is 11.9. The van der Waals surface area contributed by atoms with Crippen molar-refractivity contribution in [3.05, 3.63) is 58.9 Å². The first-order chi connectivity index (χ1) is 12.4. The van der Waals surface area contributed by atoms with Crippen LogP contribution in [0.2, 0.25) is 5.02 Å². The molecule has 0 fully saturated rings. The van der Waals surface area contributed by atoms with Crippen LogP contribution < -0.4 is 9.46 Å². The lowest BCUT2D eigenvalue weighted by atomic mass is 10.1. The molecule has 0 saturated heterocycles. The number of methoxy groups -OCH3 is 1. The minimum Gasteiger partial charge on any atom is -0.495 e. The highest BCUT2D eigenvalue weighted by Gasteiger charge is 2.21. The average molecular weight is 394 g/mol. The molecule has 0 radical (unpaired) electrons. The van der Waals surface area contributed by atoms with Crippen molar-refractivity contribution in [3.63, 3.8) is 0 Å². The minimum absolute atomic E-state index is 0.0638. The predicted molar refractivity (Wildman–Crippen MR) is 96.5 cm³/mol. The van der Waals surface area contributed by atoms with Gasteiger partial charge in [0, 0.05) is 10.6 Å². The lowest BCUT2D eigenvalue weighted by molar-refractivity contribution is 0.402.